The number of nitrogens with one attached hydrogen (secondary N) is 1. The van der Waals surface area contributed by atoms with Crippen molar-refractivity contribution in [1.82, 2.24) is 9.03 Å². The van der Waals surface area contributed by atoms with E-state index < -0.39 is 10.2 Å². The number of nitrogens with two attached hydrogens (primary N) is 1. The summed E-state index contributed by atoms with van der Waals surface area (Å²) in [6.45, 7) is 2.78. The topological polar surface area (TPSA) is 75.4 Å². The molecule has 0 aliphatic heterocycles. The Balaban J connectivity index is 2.71. The molecular weight excluding hydrogens is 270 g/mol. The molecule has 0 spiro atoms. The number of nitrogens with zero attached hydrogens (tertiary/aromatic N) is 1. The van der Waals surface area contributed by atoms with Gasteiger partial charge in [0.05, 0.1) is 11.4 Å². The summed E-state index contributed by atoms with van der Waals surface area (Å²) in [4.78, 5) is 0.893. The van der Waals surface area contributed by atoms with Gasteiger partial charge in [0, 0.05) is 20.1 Å². The number of thiophene rings is 1. The quantitative estimate of drug-likeness (QED) is 0.767. The van der Waals surface area contributed by atoms with Crippen LogP contribution in [0.2, 0.25) is 0 Å². The number of hydrogen-bond donors (Lipinski definition) is 2. The third-order valence-electron chi connectivity index (χ3n) is 2.11. The molecule has 0 amide bonds. The predicted octanol–water partition coefficient (Wildman–Crippen LogP) is 0.344. The molecule has 18 heavy (non-hydrogen) atoms. The molecule has 0 aliphatic rings. The molecule has 5 nitrogen and oxygen atoms in total. The van der Waals surface area contributed by atoms with Gasteiger partial charge < -0.3 is 5.73 Å². The van der Waals surface area contributed by atoms with E-state index in [1.165, 1.54) is 15.6 Å². The normalized spacial score (nSPS) is 11.3. The van der Waals surface area contributed by atoms with Gasteiger partial charge in [-0.1, -0.05) is 18.8 Å². The fourth-order valence-corrected chi connectivity index (χ4v) is 2.97. The van der Waals surface area contributed by atoms with E-state index in [-0.39, 0.29) is 0 Å². The highest BCUT2D eigenvalue weighted by molar-refractivity contribution is 7.87. The summed E-state index contributed by atoms with van der Waals surface area (Å²) in [5.41, 5.74) is 6.21. The molecule has 0 fully saturated rings. The molecule has 7 heteroatoms. The molecule has 100 valence electrons. The van der Waals surface area contributed by atoms with Crippen LogP contribution in [0.5, 0.6) is 0 Å². The molecular formula is C11H17N3O2S2. The van der Waals surface area contributed by atoms with Gasteiger partial charge in [0.25, 0.3) is 10.2 Å². The smallest absolute Gasteiger partial charge is 0.279 e. The van der Waals surface area contributed by atoms with E-state index in [0.717, 1.165) is 10.4 Å². The van der Waals surface area contributed by atoms with E-state index >= 15 is 0 Å². The summed E-state index contributed by atoms with van der Waals surface area (Å²) in [7, 11) is -1.84. The van der Waals surface area contributed by atoms with Crippen LogP contribution >= 0.6 is 11.3 Å². The number of rotatable bonds is 5. The van der Waals surface area contributed by atoms with Crippen molar-refractivity contribution in [2.24, 2.45) is 5.73 Å². The van der Waals surface area contributed by atoms with Crippen molar-refractivity contribution in [2.45, 2.75) is 13.5 Å². The van der Waals surface area contributed by atoms with Gasteiger partial charge in [0.1, 0.15) is 0 Å². The van der Waals surface area contributed by atoms with E-state index in [2.05, 4.69) is 16.6 Å². The molecule has 0 radical (unpaired) electrons. The average molecular weight is 287 g/mol. The zero-order valence-corrected chi connectivity index (χ0v) is 12.1. The lowest BCUT2D eigenvalue weighted by molar-refractivity contribution is 0.457. The van der Waals surface area contributed by atoms with E-state index in [9.17, 15) is 8.42 Å². The summed E-state index contributed by atoms with van der Waals surface area (Å²) in [6, 6.07) is 1.88. The SMILES string of the molecule is CCNS(=O)(=O)N(C)Cc1csc(C#CCN)c1. The minimum Gasteiger partial charge on any atom is -0.320 e. The minimum absolute atomic E-state index is 0.321. The Morgan fingerprint density at radius 3 is 2.89 bits per heavy atom. The van der Waals surface area contributed by atoms with Gasteiger partial charge >= 0.3 is 0 Å². The van der Waals surface area contributed by atoms with Crippen molar-refractivity contribution in [3.63, 3.8) is 0 Å². The first-order valence-electron chi connectivity index (χ1n) is 5.47. The van der Waals surface area contributed by atoms with Crippen molar-refractivity contribution >= 4 is 21.5 Å². The van der Waals surface area contributed by atoms with Crippen molar-refractivity contribution < 1.29 is 8.42 Å². The third-order valence-corrected chi connectivity index (χ3v) is 4.61. The third kappa shape index (κ3) is 4.40. The van der Waals surface area contributed by atoms with Crippen molar-refractivity contribution in [2.75, 3.05) is 20.1 Å². The predicted molar refractivity (Wildman–Crippen MR) is 74.3 cm³/mol. The second-order valence-corrected chi connectivity index (χ2v) is 6.36. The van der Waals surface area contributed by atoms with E-state index in [0.29, 0.717) is 19.6 Å². The van der Waals surface area contributed by atoms with Crippen LogP contribution in [-0.4, -0.2) is 32.9 Å². The highest BCUT2D eigenvalue weighted by Gasteiger charge is 2.16. The first-order chi connectivity index (χ1) is 8.49. The Morgan fingerprint density at radius 2 is 2.28 bits per heavy atom. The van der Waals surface area contributed by atoms with Crippen molar-refractivity contribution in [3.8, 4) is 11.8 Å². The molecule has 0 bridgehead atoms. The lowest BCUT2D eigenvalue weighted by atomic mass is 10.3. The molecule has 0 saturated carbocycles. The van der Waals surface area contributed by atoms with Crippen molar-refractivity contribution in [3.05, 3.63) is 21.9 Å². The monoisotopic (exact) mass is 287 g/mol. The van der Waals surface area contributed by atoms with Crippen LogP contribution in [0.15, 0.2) is 11.4 Å². The summed E-state index contributed by atoms with van der Waals surface area (Å²) >= 11 is 1.48. The molecule has 0 saturated heterocycles. The first-order valence-corrected chi connectivity index (χ1v) is 7.79. The van der Waals surface area contributed by atoms with Gasteiger partial charge in [-0.3, -0.25) is 0 Å². The highest BCUT2D eigenvalue weighted by atomic mass is 32.2. The van der Waals surface area contributed by atoms with Gasteiger partial charge in [-0.25, -0.2) is 4.72 Å². The molecule has 1 aromatic rings. The highest BCUT2D eigenvalue weighted by Crippen LogP contribution is 2.15. The first kappa shape index (κ1) is 15.1. The number of hydrogen-bond acceptors (Lipinski definition) is 4. The maximum Gasteiger partial charge on any atom is 0.279 e. The van der Waals surface area contributed by atoms with Gasteiger partial charge in [-0.2, -0.15) is 12.7 Å². The maximum absolute atomic E-state index is 11.7. The van der Waals surface area contributed by atoms with Crippen LogP contribution in [0, 0.1) is 11.8 Å². The average Bonchev–Trinajstić information content (AvgIpc) is 2.74. The van der Waals surface area contributed by atoms with E-state index in [4.69, 9.17) is 5.73 Å². The Hall–Kier alpha value is -0.910. The molecule has 3 N–H and O–H groups in total. The standard InChI is InChI=1S/C11H17N3O2S2/c1-3-13-18(15,16)14(2)8-10-7-11(17-9-10)5-4-6-12/h7,9,13H,3,6,8,12H2,1-2H3. The van der Waals surface area contributed by atoms with Gasteiger partial charge in [0.2, 0.25) is 0 Å². The second kappa shape index (κ2) is 6.87. The Labute approximate surface area is 112 Å². The van der Waals surface area contributed by atoms with Crippen LogP contribution in [0.3, 0.4) is 0 Å². The van der Waals surface area contributed by atoms with Crippen LogP contribution in [-0.2, 0) is 16.8 Å². The van der Waals surface area contributed by atoms with Crippen LogP contribution < -0.4 is 10.5 Å². The van der Waals surface area contributed by atoms with Crippen molar-refractivity contribution in [1.29, 1.82) is 0 Å². The Morgan fingerprint density at radius 1 is 1.56 bits per heavy atom. The molecule has 0 unspecified atom stereocenters. The fraction of sp³-hybridized carbons (Fsp3) is 0.455. The molecule has 0 aliphatic carbocycles. The van der Waals surface area contributed by atoms with Crippen LogP contribution in [0.4, 0.5) is 0 Å². The largest absolute Gasteiger partial charge is 0.320 e. The van der Waals surface area contributed by atoms with E-state index in [1.807, 2.05) is 11.4 Å². The van der Waals surface area contributed by atoms with Gasteiger partial charge in [-0.15, -0.1) is 11.3 Å². The maximum atomic E-state index is 11.7. The summed E-state index contributed by atoms with van der Waals surface area (Å²) < 4.78 is 27.1. The van der Waals surface area contributed by atoms with Gasteiger partial charge in [0.15, 0.2) is 0 Å². The van der Waals surface area contributed by atoms with Crippen LogP contribution in [0.25, 0.3) is 0 Å². The summed E-state index contributed by atoms with van der Waals surface area (Å²) in [6.07, 6.45) is 0. The summed E-state index contributed by atoms with van der Waals surface area (Å²) in [5.74, 6) is 5.69. The van der Waals surface area contributed by atoms with Crippen LogP contribution in [0.1, 0.15) is 17.4 Å². The minimum atomic E-state index is -3.38. The Bertz CT molecular complexity index is 540. The zero-order valence-electron chi connectivity index (χ0n) is 10.4. The summed E-state index contributed by atoms with van der Waals surface area (Å²) in [5, 5.41) is 1.90. The fourth-order valence-electron chi connectivity index (χ4n) is 1.30. The molecule has 0 atom stereocenters. The Kier molecular flexibility index (Phi) is 5.78. The lowest BCUT2D eigenvalue weighted by Crippen LogP contribution is -2.37. The molecule has 1 aromatic heterocycles. The zero-order chi connectivity index (χ0) is 13.6. The lowest BCUT2D eigenvalue weighted by Gasteiger charge is -2.16. The molecule has 1 heterocycles. The molecule has 0 aromatic carbocycles. The van der Waals surface area contributed by atoms with Gasteiger partial charge in [-0.05, 0) is 17.0 Å². The molecule has 1 rings (SSSR count). The second-order valence-electron chi connectivity index (χ2n) is 3.58. The van der Waals surface area contributed by atoms with E-state index in [1.54, 1.807) is 14.0 Å².